The van der Waals surface area contributed by atoms with Crippen molar-refractivity contribution >= 4 is 11.4 Å². The van der Waals surface area contributed by atoms with E-state index in [1.54, 1.807) is 0 Å². The van der Waals surface area contributed by atoms with Gasteiger partial charge in [0, 0.05) is 13.1 Å². The van der Waals surface area contributed by atoms with Gasteiger partial charge in [-0.05, 0) is 36.8 Å². The normalized spacial score (nSPS) is 11.2. The van der Waals surface area contributed by atoms with Crippen LogP contribution >= 0.6 is 0 Å². The van der Waals surface area contributed by atoms with E-state index in [9.17, 15) is 0 Å². The highest BCUT2D eigenvalue weighted by atomic mass is 15.1. The Labute approximate surface area is 112 Å². The van der Waals surface area contributed by atoms with Crippen molar-refractivity contribution in [2.75, 3.05) is 23.7 Å². The van der Waals surface area contributed by atoms with Gasteiger partial charge in [0.15, 0.2) is 0 Å². The van der Waals surface area contributed by atoms with Crippen molar-refractivity contribution in [2.24, 2.45) is 11.8 Å². The van der Waals surface area contributed by atoms with E-state index in [2.05, 4.69) is 44.7 Å². The van der Waals surface area contributed by atoms with Crippen LogP contribution in [0.1, 0.15) is 40.5 Å². The molecule has 0 bridgehead atoms. The molecule has 2 N–H and O–H groups in total. The second-order valence-corrected chi connectivity index (χ2v) is 5.91. The molecule has 0 saturated carbocycles. The van der Waals surface area contributed by atoms with E-state index < -0.39 is 0 Å². The maximum Gasteiger partial charge on any atom is 0.0599 e. The monoisotopic (exact) mass is 248 g/mol. The van der Waals surface area contributed by atoms with Gasteiger partial charge in [-0.25, -0.2) is 0 Å². The number of rotatable bonds is 7. The van der Waals surface area contributed by atoms with Crippen LogP contribution in [-0.4, -0.2) is 13.1 Å². The van der Waals surface area contributed by atoms with E-state index in [-0.39, 0.29) is 0 Å². The number of nitrogen functional groups attached to an aromatic ring is 1. The fourth-order valence-corrected chi connectivity index (χ4v) is 1.96. The zero-order valence-electron chi connectivity index (χ0n) is 12.3. The number of hydrogen-bond donors (Lipinski definition) is 1. The molecule has 0 spiro atoms. The highest BCUT2D eigenvalue weighted by molar-refractivity contribution is 5.67. The molecule has 0 fully saturated rings. The van der Waals surface area contributed by atoms with Crippen molar-refractivity contribution in [1.82, 2.24) is 0 Å². The maximum atomic E-state index is 6.09. The third kappa shape index (κ3) is 4.99. The zero-order valence-corrected chi connectivity index (χ0v) is 12.3. The molecule has 0 aliphatic carbocycles. The van der Waals surface area contributed by atoms with Crippen LogP contribution in [0, 0.1) is 11.8 Å². The summed E-state index contributed by atoms with van der Waals surface area (Å²) in [6.07, 6.45) is 2.43. The number of hydrogen-bond acceptors (Lipinski definition) is 2. The Morgan fingerprint density at radius 3 is 1.89 bits per heavy atom. The molecule has 2 nitrogen and oxygen atoms in total. The average Bonchev–Trinajstić information content (AvgIpc) is 2.30. The van der Waals surface area contributed by atoms with Gasteiger partial charge in [0.05, 0.1) is 11.4 Å². The van der Waals surface area contributed by atoms with Gasteiger partial charge in [-0.1, -0.05) is 39.8 Å². The molecule has 0 amide bonds. The Bertz CT molecular complexity index is 333. The van der Waals surface area contributed by atoms with Crippen LogP contribution in [0.3, 0.4) is 0 Å². The van der Waals surface area contributed by atoms with Crippen molar-refractivity contribution < 1.29 is 0 Å². The molecule has 18 heavy (non-hydrogen) atoms. The Morgan fingerprint density at radius 2 is 1.44 bits per heavy atom. The summed E-state index contributed by atoms with van der Waals surface area (Å²) in [7, 11) is 0. The minimum atomic E-state index is 0.733. The molecule has 1 rings (SSSR count). The summed E-state index contributed by atoms with van der Waals surface area (Å²) in [6, 6.07) is 8.20. The summed E-state index contributed by atoms with van der Waals surface area (Å²) >= 11 is 0. The van der Waals surface area contributed by atoms with Crippen LogP contribution in [0.15, 0.2) is 24.3 Å². The van der Waals surface area contributed by atoms with Crippen LogP contribution < -0.4 is 10.6 Å². The summed E-state index contributed by atoms with van der Waals surface area (Å²) in [4.78, 5) is 2.44. The first-order valence-electron chi connectivity index (χ1n) is 7.10. The Morgan fingerprint density at radius 1 is 0.944 bits per heavy atom. The first-order valence-corrected chi connectivity index (χ1v) is 7.10. The summed E-state index contributed by atoms with van der Waals surface area (Å²) in [5.74, 6) is 1.47. The molecule has 0 saturated heterocycles. The number of para-hydroxylation sites is 2. The molecule has 0 atom stereocenters. The fourth-order valence-electron chi connectivity index (χ4n) is 1.96. The van der Waals surface area contributed by atoms with Crippen LogP contribution in [0.2, 0.25) is 0 Å². The lowest BCUT2D eigenvalue weighted by Gasteiger charge is -2.27. The highest BCUT2D eigenvalue weighted by Crippen LogP contribution is 2.24. The van der Waals surface area contributed by atoms with Gasteiger partial charge >= 0.3 is 0 Å². The fraction of sp³-hybridized carbons (Fsp3) is 0.625. The van der Waals surface area contributed by atoms with E-state index in [0.29, 0.717) is 0 Å². The van der Waals surface area contributed by atoms with Crippen LogP contribution in [0.4, 0.5) is 11.4 Å². The molecule has 0 aliphatic rings. The Kier molecular flexibility index (Phi) is 6.03. The molecule has 2 heteroatoms. The van der Waals surface area contributed by atoms with Crippen LogP contribution in [0.5, 0.6) is 0 Å². The molecule has 0 heterocycles. The number of nitrogens with zero attached hydrogens (tertiary/aromatic N) is 1. The smallest absolute Gasteiger partial charge is 0.0599 e. The van der Waals surface area contributed by atoms with E-state index in [4.69, 9.17) is 5.73 Å². The highest BCUT2D eigenvalue weighted by Gasteiger charge is 2.10. The van der Waals surface area contributed by atoms with Crippen LogP contribution in [-0.2, 0) is 0 Å². The first kappa shape index (κ1) is 14.9. The lowest BCUT2D eigenvalue weighted by Crippen LogP contribution is -2.28. The summed E-state index contributed by atoms with van der Waals surface area (Å²) in [5, 5.41) is 0. The van der Waals surface area contributed by atoms with Gasteiger partial charge in [0.25, 0.3) is 0 Å². The third-order valence-electron chi connectivity index (χ3n) is 3.23. The Balaban J connectivity index is 2.73. The predicted molar refractivity (Wildman–Crippen MR) is 82.0 cm³/mol. The quantitative estimate of drug-likeness (QED) is 0.734. The average molecular weight is 248 g/mol. The second kappa shape index (κ2) is 7.30. The minimum Gasteiger partial charge on any atom is -0.397 e. The predicted octanol–water partition coefficient (Wildman–Crippen LogP) is 4.17. The van der Waals surface area contributed by atoms with Gasteiger partial charge < -0.3 is 10.6 Å². The lowest BCUT2D eigenvalue weighted by atomic mass is 10.1. The van der Waals surface area contributed by atoms with Crippen molar-refractivity contribution in [2.45, 2.75) is 40.5 Å². The number of nitrogens with two attached hydrogens (primary N) is 1. The molecule has 102 valence electrons. The Hall–Kier alpha value is -1.18. The van der Waals surface area contributed by atoms with Gasteiger partial charge in [-0.15, -0.1) is 0 Å². The SMILES string of the molecule is CC(C)CCN(CCC(C)C)c1ccccc1N. The van der Waals surface area contributed by atoms with E-state index in [0.717, 1.165) is 30.6 Å². The standard InChI is InChI=1S/C16H28N2/c1-13(2)9-11-18(12-10-14(3)4)16-8-6-5-7-15(16)17/h5-8,13-14H,9-12,17H2,1-4H3. The van der Waals surface area contributed by atoms with Gasteiger partial charge in [-0.2, -0.15) is 0 Å². The van der Waals surface area contributed by atoms with Gasteiger partial charge in [-0.3, -0.25) is 0 Å². The number of anilines is 2. The zero-order chi connectivity index (χ0) is 13.5. The molecular formula is C16H28N2. The topological polar surface area (TPSA) is 29.3 Å². The molecular weight excluding hydrogens is 220 g/mol. The molecule has 0 aliphatic heterocycles. The summed E-state index contributed by atoms with van der Waals surface area (Å²) in [6.45, 7) is 11.3. The molecule has 1 aromatic rings. The lowest BCUT2D eigenvalue weighted by molar-refractivity contribution is 0.535. The van der Waals surface area contributed by atoms with E-state index >= 15 is 0 Å². The largest absolute Gasteiger partial charge is 0.397 e. The summed E-state index contributed by atoms with van der Waals surface area (Å²) in [5.41, 5.74) is 8.18. The molecule has 0 aromatic heterocycles. The van der Waals surface area contributed by atoms with Crippen molar-refractivity contribution in [3.63, 3.8) is 0 Å². The van der Waals surface area contributed by atoms with E-state index in [1.807, 2.05) is 12.1 Å². The first-order chi connectivity index (χ1) is 8.50. The van der Waals surface area contributed by atoms with Gasteiger partial charge in [0.2, 0.25) is 0 Å². The third-order valence-corrected chi connectivity index (χ3v) is 3.23. The number of benzene rings is 1. The summed E-state index contributed by atoms with van der Waals surface area (Å²) < 4.78 is 0. The minimum absolute atomic E-state index is 0.733. The molecule has 0 unspecified atom stereocenters. The van der Waals surface area contributed by atoms with Crippen molar-refractivity contribution in [3.8, 4) is 0 Å². The molecule has 0 radical (unpaired) electrons. The van der Waals surface area contributed by atoms with Crippen molar-refractivity contribution in [3.05, 3.63) is 24.3 Å². The van der Waals surface area contributed by atoms with E-state index in [1.165, 1.54) is 18.5 Å². The second-order valence-electron chi connectivity index (χ2n) is 5.91. The maximum absolute atomic E-state index is 6.09. The van der Waals surface area contributed by atoms with Crippen molar-refractivity contribution in [1.29, 1.82) is 0 Å². The van der Waals surface area contributed by atoms with Gasteiger partial charge in [0.1, 0.15) is 0 Å². The van der Waals surface area contributed by atoms with Crippen LogP contribution in [0.25, 0.3) is 0 Å². The molecule has 1 aromatic carbocycles.